The van der Waals surface area contributed by atoms with Crippen molar-refractivity contribution in [1.82, 2.24) is 19.7 Å². The fourth-order valence-electron chi connectivity index (χ4n) is 4.22. The second kappa shape index (κ2) is 7.81. The highest BCUT2D eigenvalue weighted by Gasteiger charge is 2.30. The minimum absolute atomic E-state index is 0.0198. The molecule has 1 amide bonds. The summed E-state index contributed by atoms with van der Waals surface area (Å²) in [4.78, 5) is 17.8. The van der Waals surface area contributed by atoms with Gasteiger partial charge in [-0.3, -0.25) is 9.48 Å². The highest BCUT2D eigenvalue weighted by atomic mass is 19.1. The van der Waals surface area contributed by atoms with E-state index in [9.17, 15) is 9.18 Å². The fraction of sp³-hybridized carbons (Fsp3) is 0.409. The summed E-state index contributed by atoms with van der Waals surface area (Å²) in [5.74, 6) is 1.23. The Morgan fingerprint density at radius 1 is 1.35 bits per heavy atom. The largest absolute Gasteiger partial charge is 0.441 e. The minimum Gasteiger partial charge on any atom is -0.441 e. The van der Waals surface area contributed by atoms with Gasteiger partial charge in [0.25, 0.3) is 0 Å². The Morgan fingerprint density at radius 2 is 2.23 bits per heavy atom. The van der Waals surface area contributed by atoms with Crippen LogP contribution < -0.4 is 5.32 Å². The first-order chi connectivity index (χ1) is 15.0. The maximum Gasteiger partial charge on any atom is 0.219 e. The number of amides is 1. The van der Waals surface area contributed by atoms with Crippen LogP contribution in [-0.4, -0.2) is 45.3 Å². The number of oxazole rings is 1. The molecule has 31 heavy (non-hydrogen) atoms. The van der Waals surface area contributed by atoms with Crippen LogP contribution in [0.2, 0.25) is 0 Å². The monoisotopic (exact) mass is 425 g/mol. The Hall–Kier alpha value is -3.20. The lowest BCUT2D eigenvalue weighted by Gasteiger charge is -2.27. The molecule has 1 N–H and O–H groups in total. The summed E-state index contributed by atoms with van der Waals surface area (Å²) < 4.78 is 28.0. The average Bonchev–Trinajstić information content (AvgIpc) is 3.49. The first-order valence-corrected chi connectivity index (χ1v) is 10.4. The molecule has 1 saturated heterocycles. The number of carbonyl (C=O) groups is 1. The Labute approximate surface area is 179 Å². The second-order valence-electron chi connectivity index (χ2n) is 7.99. The molecule has 1 atom stereocenters. The third-order valence-corrected chi connectivity index (χ3v) is 5.91. The van der Waals surface area contributed by atoms with Crippen LogP contribution in [0.3, 0.4) is 0 Å². The van der Waals surface area contributed by atoms with E-state index in [0.29, 0.717) is 61.4 Å². The quantitative estimate of drug-likeness (QED) is 0.688. The molecular formula is C22H24FN5O3. The molecule has 1 fully saturated rings. The van der Waals surface area contributed by atoms with E-state index in [2.05, 4.69) is 10.3 Å². The number of nitrogens with zero attached hydrogens (tertiary/aromatic N) is 4. The van der Waals surface area contributed by atoms with Crippen LogP contribution in [0, 0.1) is 12.7 Å². The zero-order valence-corrected chi connectivity index (χ0v) is 17.5. The number of hydrogen-bond acceptors (Lipinski definition) is 6. The molecular weight excluding hydrogens is 401 g/mol. The number of aryl methyl sites for hydroxylation is 1. The number of carbonyl (C=O) groups excluding carboxylic acids is 1. The van der Waals surface area contributed by atoms with Crippen molar-refractivity contribution in [2.45, 2.75) is 39.3 Å². The Balaban J connectivity index is 1.48. The number of fused-ring (bicyclic) bond motifs is 1. The molecule has 0 bridgehead atoms. The highest BCUT2D eigenvalue weighted by Crippen LogP contribution is 2.34. The number of ether oxygens (including phenoxy) is 1. The van der Waals surface area contributed by atoms with Gasteiger partial charge in [-0.15, -0.1) is 0 Å². The van der Waals surface area contributed by atoms with Crippen LogP contribution in [0.1, 0.15) is 36.5 Å². The smallest absolute Gasteiger partial charge is 0.219 e. The van der Waals surface area contributed by atoms with Crippen molar-refractivity contribution in [1.29, 1.82) is 0 Å². The van der Waals surface area contributed by atoms with Crippen LogP contribution in [0.25, 0.3) is 11.3 Å². The number of benzene rings is 1. The summed E-state index contributed by atoms with van der Waals surface area (Å²) in [5, 5.41) is 7.94. The van der Waals surface area contributed by atoms with Crippen LogP contribution in [0.5, 0.6) is 0 Å². The van der Waals surface area contributed by atoms with Gasteiger partial charge in [-0.05, 0) is 24.6 Å². The second-order valence-corrected chi connectivity index (χ2v) is 7.99. The lowest BCUT2D eigenvalue weighted by atomic mass is 10.1. The zero-order valence-electron chi connectivity index (χ0n) is 17.5. The summed E-state index contributed by atoms with van der Waals surface area (Å²) >= 11 is 0. The van der Waals surface area contributed by atoms with Gasteiger partial charge in [0.15, 0.2) is 17.5 Å². The fourth-order valence-corrected chi connectivity index (χ4v) is 4.22. The van der Waals surface area contributed by atoms with E-state index >= 15 is 0 Å². The average molecular weight is 425 g/mol. The number of rotatable bonds is 4. The van der Waals surface area contributed by atoms with Gasteiger partial charge in [-0.1, -0.05) is 0 Å². The SMILES string of the molecule is CC(=O)N1CCc2c(c(Nc3ccc(-c4cnc(C)o4)cc3F)nn2C2CCOC2)C1. The van der Waals surface area contributed by atoms with Gasteiger partial charge in [0, 0.05) is 50.2 Å². The van der Waals surface area contributed by atoms with E-state index in [1.807, 2.05) is 4.68 Å². The van der Waals surface area contributed by atoms with Crippen molar-refractivity contribution in [3.63, 3.8) is 0 Å². The number of nitrogens with one attached hydrogen (secondary N) is 1. The Kier molecular flexibility index (Phi) is 4.97. The molecule has 0 radical (unpaired) electrons. The molecule has 1 unspecified atom stereocenters. The third-order valence-electron chi connectivity index (χ3n) is 5.91. The maximum atomic E-state index is 14.9. The van der Waals surface area contributed by atoms with Gasteiger partial charge in [-0.25, -0.2) is 9.37 Å². The van der Waals surface area contributed by atoms with Crippen LogP contribution >= 0.6 is 0 Å². The molecule has 8 nitrogen and oxygen atoms in total. The molecule has 3 aromatic rings. The molecule has 9 heteroatoms. The number of anilines is 2. The maximum absolute atomic E-state index is 14.9. The third kappa shape index (κ3) is 3.69. The molecule has 2 aliphatic heterocycles. The van der Waals surface area contributed by atoms with Gasteiger partial charge in [0.2, 0.25) is 5.91 Å². The first kappa shape index (κ1) is 19.7. The Bertz CT molecular complexity index is 1130. The summed E-state index contributed by atoms with van der Waals surface area (Å²) in [6.07, 6.45) is 3.19. The predicted molar refractivity (Wildman–Crippen MR) is 111 cm³/mol. The lowest BCUT2D eigenvalue weighted by Crippen LogP contribution is -2.35. The Morgan fingerprint density at radius 3 is 2.90 bits per heavy atom. The van der Waals surface area contributed by atoms with E-state index in [1.165, 1.54) is 6.07 Å². The molecule has 162 valence electrons. The predicted octanol–water partition coefficient (Wildman–Crippen LogP) is 3.60. The standard InChI is InChI=1S/C22H24FN5O3/c1-13-24-10-21(31-13)15-3-4-19(18(23)9-15)25-22-17-11-27(14(2)29)7-5-20(17)28(26-22)16-6-8-30-12-16/h3-4,9-10,16H,5-8,11-12H2,1-2H3,(H,25,26). The number of aromatic nitrogens is 3. The molecule has 0 spiro atoms. The van der Waals surface area contributed by atoms with Gasteiger partial charge in [0.1, 0.15) is 5.82 Å². The van der Waals surface area contributed by atoms with E-state index in [0.717, 1.165) is 17.7 Å². The summed E-state index contributed by atoms with van der Waals surface area (Å²) in [6, 6.07) is 5.02. The normalized spacial score (nSPS) is 18.3. The number of halogens is 1. The molecule has 0 saturated carbocycles. The van der Waals surface area contributed by atoms with E-state index in [1.54, 1.807) is 37.1 Å². The van der Waals surface area contributed by atoms with E-state index in [4.69, 9.17) is 14.3 Å². The van der Waals surface area contributed by atoms with Gasteiger partial charge in [-0.2, -0.15) is 5.10 Å². The molecule has 2 aromatic heterocycles. The van der Waals surface area contributed by atoms with Gasteiger partial charge >= 0.3 is 0 Å². The highest BCUT2D eigenvalue weighted by molar-refractivity contribution is 5.74. The van der Waals surface area contributed by atoms with Crippen molar-refractivity contribution in [2.24, 2.45) is 0 Å². The van der Waals surface area contributed by atoms with Gasteiger partial charge in [0.05, 0.1) is 31.1 Å². The summed E-state index contributed by atoms with van der Waals surface area (Å²) in [7, 11) is 0. The summed E-state index contributed by atoms with van der Waals surface area (Å²) in [6.45, 7) is 5.74. The van der Waals surface area contributed by atoms with E-state index < -0.39 is 5.82 Å². The van der Waals surface area contributed by atoms with Crippen molar-refractivity contribution in [3.8, 4) is 11.3 Å². The zero-order chi connectivity index (χ0) is 21.5. The molecule has 5 rings (SSSR count). The van der Waals surface area contributed by atoms with Crippen molar-refractivity contribution >= 4 is 17.4 Å². The van der Waals surface area contributed by atoms with Crippen LogP contribution in [0.15, 0.2) is 28.8 Å². The number of hydrogen-bond donors (Lipinski definition) is 1. The topological polar surface area (TPSA) is 85.4 Å². The molecule has 1 aromatic carbocycles. The summed E-state index contributed by atoms with van der Waals surface area (Å²) in [5.41, 5.74) is 2.95. The van der Waals surface area contributed by atoms with Crippen LogP contribution in [0.4, 0.5) is 15.9 Å². The minimum atomic E-state index is -0.418. The molecule has 4 heterocycles. The van der Waals surface area contributed by atoms with Crippen LogP contribution in [-0.2, 0) is 22.5 Å². The first-order valence-electron chi connectivity index (χ1n) is 10.4. The van der Waals surface area contributed by atoms with Crippen molar-refractivity contribution in [3.05, 3.63) is 47.4 Å². The lowest BCUT2D eigenvalue weighted by molar-refractivity contribution is -0.129. The molecule has 2 aliphatic rings. The van der Waals surface area contributed by atoms with Crippen molar-refractivity contribution in [2.75, 3.05) is 25.1 Å². The van der Waals surface area contributed by atoms with Crippen molar-refractivity contribution < 1.29 is 18.3 Å². The van der Waals surface area contributed by atoms with E-state index in [-0.39, 0.29) is 11.9 Å². The van der Waals surface area contributed by atoms with Gasteiger partial charge < -0.3 is 19.4 Å². The molecule has 0 aliphatic carbocycles.